The summed E-state index contributed by atoms with van der Waals surface area (Å²) in [5, 5.41) is 12.2. The monoisotopic (exact) mass is 290 g/mol. The maximum absolute atomic E-state index is 12.4. The Morgan fingerprint density at radius 1 is 1.48 bits per heavy atom. The van der Waals surface area contributed by atoms with Crippen LogP contribution in [0.25, 0.3) is 0 Å². The Kier molecular flexibility index (Phi) is 4.83. The average molecular weight is 290 g/mol. The molecule has 2 amide bonds. The quantitative estimate of drug-likeness (QED) is 0.878. The zero-order valence-electron chi connectivity index (χ0n) is 12.5. The first-order chi connectivity index (χ1) is 9.99. The van der Waals surface area contributed by atoms with Crippen molar-refractivity contribution in [2.75, 3.05) is 13.1 Å². The summed E-state index contributed by atoms with van der Waals surface area (Å²) in [6, 6.07) is 6.54. The Hall–Kier alpha value is -2.04. The van der Waals surface area contributed by atoms with Gasteiger partial charge < -0.3 is 15.3 Å². The van der Waals surface area contributed by atoms with E-state index in [9.17, 15) is 14.7 Å². The van der Waals surface area contributed by atoms with E-state index in [4.69, 9.17) is 0 Å². The van der Waals surface area contributed by atoms with Gasteiger partial charge in [0, 0.05) is 19.5 Å². The number of phenols is 1. The topological polar surface area (TPSA) is 69.6 Å². The number of aryl methyl sites for hydroxylation is 1. The molecule has 1 atom stereocenters. The Morgan fingerprint density at radius 2 is 2.24 bits per heavy atom. The van der Waals surface area contributed by atoms with Gasteiger partial charge in [-0.05, 0) is 30.0 Å². The minimum Gasteiger partial charge on any atom is -0.508 e. The maximum Gasteiger partial charge on any atom is 0.243 e. The maximum atomic E-state index is 12.4. The summed E-state index contributed by atoms with van der Waals surface area (Å²) >= 11 is 0. The smallest absolute Gasteiger partial charge is 0.243 e. The number of nitrogens with one attached hydrogen (secondary N) is 1. The Bertz CT molecular complexity index is 528. The number of rotatable bonds is 4. The molecule has 2 rings (SSSR count). The first-order valence-corrected chi connectivity index (χ1v) is 7.34. The zero-order valence-corrected chi connectivity index (χ0v) is 12.5. The van der Waals surface area contributed by atoms with Gasteiger partial charge in [0.25, 0.3) is 0 Å². The summed E-state index contributed by atoms with van der Waals surface area (Å²) in [6.45, 7) is 4.98. The highest BCUT2D eigenvalue weighted by atomic mass is 16.3. The SMILES string of the molecule is CC(C)C1C(=O)NCCN1C(=O)CCc1cccc(O)c1. The standard InChI is InChI=1S/C16H22N2O3/c1-11(2)15-16(21)17-8-9-18(15)14(20)7-6-12-4-3-5-13(19)10-12/h3-5,10-11,15,19H,6-9H2,1-2H3,(H,17,21). The molecular formula is C16H22N2O3. The van der Waals surface area contributed by atoms with E-state index < -0.39 is 0 Å². The molecule has 114 valence electrons. The molecule has 0 radical (unpaired) electrons. The molecule has 2 N–H and O–H groups in total. The van der Waals surface area contributed by atoms with Crippen LogP contribution >= 0.6 is 0 Å². The van der Waals surface area contributed by atoms with Crippen LogP contribution in [0, 0.1) is 5.92 Å². The minimum atomic E-state index is -0.379. The summed E-state index contributed by atoms with van der Waals surface area (Å²) in [4.78, 5) is 26.0. The van der Waals surface area contributed by atoms with Gasteiger partial charge in [0.05, 0.1) is 0 Å². The normalized spacial score (nSPS) is 18.7. The largest absolute Gasteiger partial charge is 0.508 e. The molecule has 1 unspecified atom stereocenters. The summed E-state index contributed by atoms with van der Waals surface area (Å²) in [5.74, 6) is 0.223. The van der Waals surface area contributed by atoms with Gasteiger partial charge in [-0.15, -0.1) is 0 Å². The minimum absolute atomic E-state index is 0.00751. The first-order valence-electron chi connectivity index (χ1n) is 7.34. The Morgan fingerprint density at radius 3 is 2.90 bits per heavy atom. The number of aromatic hydroxyl groups is 1. The molecule has 5 heteroatoms. The van der Waals surface area contributed by atoms with Crippen LogP contribution in [0.15, 0.2) is 24.3 Å². The Balaban J connectivity index is 2.00. The van der Waals surface area contributed by atoms with Crippen LogP contribution in [-0.2, 0) is 16.0 Å². The number of carbonyl (C=O) groups is 2. The first kappa shape index (κ1) is 15.4. The molecule has 0 saturated carbocycles. The molecule has 1 aliphatic heterocycles. The van der Waals surface area contributed by atoms with Gasteiger partial charge in [-0.1, -0.05) is 26.0 Å². The third-order valence-electron chi connectivity index (χ3n) is 3.75. The lowest BCUT2D eigenvalue weighted by Crippen LogP contribution is -2.59. The fourth-order valence-corrected chi connectivity index (χ4v) is 2.73. The van der Waals surface area contributed by atoms with Crippen LogP contribution in [-0.4, -0.2) is 41.0 Å². The van der Waals surface area contributed by atoms with Gasteiger partial charge in [-0.25, -0.2) is 0 Å². The lowest BCUT2D eigenvalue weighted by atomic mass is 9.98. The molecule has 1 fully saturated rings. The van der Waals surface area contributed by atoms with Crippen LogP contribution in [0.4, 0.5) is 0 Å². The molecule has 1 aliphatic rings. The Labute approximate surface area is 125 Å². The highest BCUT2D eigenvalue weighted by molar-refractivity contribution is 5.89. The number of phenolic OH excluding ortho intramolecular Hbond substituents is 1. The van der Waals surface area contributed by atoms with Gasteiger partial charge >= 0.3 is 0 Å². The second-order valence-electron chi connectivity index (χ2n) is 5.74. The van der Waals surface area contributed by atoms with Gasteiger partial charge in [0.1, 0.15) is 11.8 Å². The van der Waals surface area contributed by atoms with E-state index in [-0.39, 0.29) is 29.5 Å². The predicted molar refractivity (Wildman–Crippen MR) is 79.8 cm³/mol. The fraction of sp³-hybridized carbons (Fsp3) is 0.500. The van der Waals surface area contributed by atoms with Crippen molar-refractivity contribution in [3.05, 3.63) is 29.8 Å². The molecule has 0 spiro atoms. The molecule has 1 aromatic carbocycles. The number of carbonyl (C=O) groups excluding carboxylic acids is 2. The number of hydrogen-bond donors (Lipinski definition) is 2. The molecule has 1 saturated heterocycles. The number of piperazine rings is 1. The lowest BCUT2D eigenvalue weighted by Gasteiger charge is -2.37. The van der Waals surface area contributed by atoms with E-state index in [1.807, 2.05) is 19.9 Å². The second kappa shape index (κ2) is 6.61. The third-order valence-corrected chi connectivity index (χ3v) is 3.75. The van der Waals surface area contributed by atoms with Crippen molar-refractivity contribution in [3.63, 3.8) is 0 Å². The van der Waals surface area contributed by atoms with Crippen molar-refractivity contribution in [1.82, 2.24) is 10.2 Å². The van der Waals surface area contributed by atoms with Crippen molar-refractivity contribution >= 4 is 11.8 Å². The third kappa shape index (κ3) is 3.74. The summed E-state index contributed by atoms with van der Waals surface area (Å²) in [7, 11) is 0. The van der Waals surface area contributed by atoms with Crippen molar-refractivity contribution in [3.8, 4) is 5.75 Å². The molecule has 5 nitrogen and oxygen atoms in total. The summed E-state index contributed by atoms with van der Waals surface area (Å²) in [6.07, 6.45) is 0.913. The van der Waals surface area contributed by atoms with Gasteiger partial charge in [0.15, 0.2) is 0 Å². The number of hydrogen-bond acceptors (Lipinski definition) is 3. The molecule has 1 aromatic rings. The molecule has 0 aromatic heterocycles. The molecule has 0 aliphatic carbocycles. The van der Waals surface area contributed by atoms with E-state index in [1.165, 1.54) is 0 Å². The van der Waals surface area contributed by atoms with Gasteiger partial charge in [-0.3, -0.25) is 9.59 Å². The van der Waals surface area contributed by atoms with E-state index in [1.54, 1.807) is 23.1 Å². The lowest BCUT2D eigenvalue weighted by molar-refractivity contribution is -0.145. The van der Waals surface area contributed by atoms with E-state index in [0.29, 0.717) is 25.9 Å². The van der Waals surface area contributed by atoms with Crippen molar-refractivity contribution in [1.29, 1.82) is 0 Å². The van der Waals surface area contributed by atoms with Crippen LogP contribution in [0.2, 0.25) is 0 Å². The summed E-state index contributed by atoms with van der Waals surface area (Å²) in [5.41, 5.74) is 0.922. The second-order valence-corrected chi connectivity index (χ2v) is 5.74. The van der Waals surface area contributed by atoms with Gasteiger partial charge in [0.2, 0.25) is 11.8 Å². The van der Waals surface area contributed by atoms with Crippen molar-refractivity contribution < 1.29 is 14.7 Å². The van der Waals surface area contributed by atoms with Crippen LogP contribution in [0.1, 0.15) is 25.8 Å². The van der Waals surface area contributed by atoms with E-state index in [2.05, 4.69) is 5.32 Å². The number of nitrogens with zero attached hydrogens (tertiary/aromatic N) is 1. The number of benzene rings is 1. The highest BCUT2D eigenvalue weighted by Gasteiger charge is 2.34. The van der Waals surface area contributed by atoms with Crippen LogP contribution in [0.3, 0.4) is 0 Å². The number of amides is 2. The fourth-order valence-electron chi connectivity index (χ4n) is 2.73. The zero-order chi connectivity index (χ0) is 15.4. The molecule has 0 bridgehead atoms. The average Bonchev–Trinajstić information content (AvgIpc) is 2.44. The molecule has 1 heterocycles. The van der Waals surface area contributed by atoms with Crippen LogP contribution in [0.5, 0.6) is 5.75 Å². The summed E-state index contributed by atoms with van der Waals surface area (Å²) < 4.78 is 0. The molecule has 21 heavy (non-hydrogen) atoms. The van der Waals surface area contributed by atoms with E-state index in [0.717, 1.165) is 5.56 Å². The van der Waals surface area contributed by atoms with Crippen molar-refractivity contribution in [2.24, 2.45) is 5.92 Å². The molecular weight excluding hydrogens is 268 g/mol. The van der Waals surface area contributed by atoms with Gasteiger partial charge in [-0.2, -0.15) is 0 Å². The van der Waals surface area contributed by atoms with Crippen molar-refractivity contribution in [2.45, 2.75) is 32.7 Å². The predicted octanol–water partition coefficient (Wildman–Crippen LogP) is 1.31. The van der Waals surface area contributed by atoms with E-state index >= 15 is 0 Å². The highest BCUT2D eigenvalue weighted by Crippen LogP contribution is 2.17. The van der Waals surface area contributed by atoms with Crippen LogP contribution < -0.4 is 5.32 Å².